The van der Waals surface area contributed by atoms with Crippen LogP contribution in [0.2, 0.25) is 0 Å². The number of carbonyl (C=O) groups excluding carboxylic acids is 1. The molecule has 0 fully saturated rings. The van der Waals surface area contributed by atoms with Gasteiger partial charge in [0.2, 0.25) is 0 Å². The van der Waals surface area contributed by atoms with Crippen molar-refractivity contribution in [2.75, 3.05) is 4.72 Å². The quantitative estimate of drug-likeness (QED) is 0.674. The molecule has 2 N–H and O–H groups in total. The van der Waals surface area contributed by atoms with Crippen LogP contribution in [0.25, 0.3) is 0 Å². The maximum absolute atomic E-state index is 12.9. The maximum Gasteiger partial charge on any atom is 0.261 e. The molecular weight excluding hydrogens is 371 g/mol. The van der Waals surface area contributed by atoms with Crippen LogP contribution >= 0.6 is 0 Å². The summed E-state index contributed by atoms with van der Waals surface area (Å²) in [5.41, 5.74) is 0.660. The number of hydrogen-bond donors (Lipinski definition) is 2. The SMILES string of the molecule is C[C@H](NC(=O)c1ccc(NS(=O)(=O)c2ccc(F)cc2)cc1)c1ccco1. The molecule has 3 rings (SSSR count). The van der Waals surface area contributed by atoms with E-state index < -0.39 is 15.8 Å². The standard InChI is InChI=1S/C19H17FN2O4S/c1-13(18-3-2-12-26-18)21-19(23)14-4-8-16(9-5-14)22-27(24,25)17-10-6-15(20)7-11-17/h2-13,22H,1H3,(H,21,23)/t13-/m0/s1. The Balaban J connectivity index is 1.68. The average Bonchev–Trinajstić information content (AvgIpc) is 3.17. The molecule has 1 heterocycles. The summed E-state index contributed by atoms with van der Waals surface area (Å²) in [6, 6.07) is 13.7. The Labute approximate surface area is 156 Å². The van der Waals surface area contributed by atoms with Crippen LogP contribution < -0.4 is 10.0 Å². The lowest BCUT2D eigenvalue weighted by Crippen LogP contribution is -2.26. The van der Waals surface area contributed by atoms with E-state index >= 15 is 0 Å². The molecule has 0 saturated carbocycles. The topological polar surface area (TPSA) is 88.4 Å². The lowest BCUT2D eigenvalue weighted by molar-refractivity contribution is 0.0935. The van der Waals surface area contributed by atoms with Gasteiger partial charge in [-0.2, -0.15) is 0 Å². The fourth-order valence-corrected chi connectivity index (χ4v) is 3.46. The van der Waals surface area contributed by atoms with Crippen LogP contribution in [0.1, 0.15) is 29.1 Å². The number of furan rings is 1. The summed E-state index contributed by atoms with van der Waals surface area (Å²) in [7, 11) is -3.84. The van der Waals surface area contributed by atoms with E-state index in [9.17, 15) is 17.6 Å². The minimum Gasteiger partial charge on any atom is -0.467 e. The third kappa shape index (κ3) is 4.53. The summed E-state index contributed by atoms with van der Waals surface area (Å²) in [5.74, 6) is -0.202. The number of amides is 1. The van der Waals surface area contributed by atoms with Crippen LogP contribution in [0.4, 0.5) is 10.1 Å². The van der Waals surface area contributed by atoms with Gasteiger partial charge in [-0.15, -0.1) is 0 Å². The van der Waals surface area contributed by atoms with E-state index in [1.807, 2.05) is 0 Å². The van der Waals surface area contributed by atoms with Gasteiger partial charge in [0.15, 0.2) is 0 Å². The van der Waals surface area contributed by atoms with E-state index in [1.54, 1.807) is 19.1 Å². The highest BCUT2D eigenvalue weighted by Crippen LogP contribution is 2.18. The van der Waals surface area contributed by atoms with Gasteiger partial charge in [-0.1, -0.05) is 0 Å². The molecule has 0 aliphatic rings. The van der Waals surface area contributed by atoms with Gasteiger partial charge < -0.3 is 9.73 Å². The number of halogens is 1. The summed E-state index contributed by atoms with van der Waals surface area (Å²) in [4.78, 5) is 12.2. The van der Waals surface area contributed by atoms with Crippen molar-refractivity contribution >= 4 is 21.6 Å². The number of nitrogens with one attached hydrogen (secondary N) is 2. The summed E-state index contributed by atoms with van der Waals surface area (Å²) in [6.07, 6.45) is 1.53. The molecule has 0 bridgehead atoms. The Morgan fingerprint density at radius 3 is 2.30 bits per heavy atom. The van der Waals surface area contributed by atoms with Crippen molar-refractivity contribution in [3.05, 3.63) is 84.1 Å². The monoisotopic (exact) mass is 388 g/mol. The predicted octanol–water partition coefficient (Wildman–Crippen LogP) is 3.71. The van der Waals surface area contributed by atoms with E-state index in [1.165, 1.54) is 42.7 Å². The fourth-order valence-electron chi connectivity index (χ4n) is 2.41. The molecule has 6 nitrogen and oxygen atoms in total. The second-order valence-electron chi connectivity index (χ2n) is 5.85. The molecular formula is C19H17FN2O4S. The second-order valence-corrected chi connectivity index (χ2v) is 7.53. The zero-order chi connectivity index (χ0) is 19.4. The highest BCUT2D eigenvalue weighted by Gasteiger charge is 2.16. The Hall–Kier alpha value is -3.13. The second kappa shape index (κ2) is 7.63. The fraction of sp³-hybridized carbons (Fsp3) is 0.105. The number of anilines is 1. The normalized spacial score (nSPS) is 12.4. The molecule has 140 valence electrons. The highest BCUT2D eigenvalue weighted by molar-refractivity contribution is 7.92. The lowest BCUT2D eigenvalue weighted by Gasteiger charge is -2.12. The first-order valence-corrected chi connectivity index (χ1v) is 9.56. The Bertz CT molecular complexity index is 1010. The van der Waals surface area contributed by atoms with Crippen molar-refractivity contribution < 1.29 is 22.0 Å². The number of sulfonamides is 1. The van der Waals surface area contributed by atoms with Crippen molar-refractivity contribution in [3.8, 4) is 0 Å². The third-order valence-corrected chi connectivity index (χ3v) is 5.24. The van der Waals surface area contributed by atoms with Crippen LogP contribution in [-0.2, 0) is 10.0 Å². The van der Waals surface area contributed by atoms with E-state index in [2.05, 4.69) is 10.0 Å². The first-order chi connectivity index (χ1) is 12.8. The maximum atomic E-state index is 12.9. The Morgan fingerprint density at radius 2 is 1.70 bits per heavy atom. The van der Waals surface area contributed by atoms with Gasteiger partial charge in [0.25, 0.3) is 15.9 Å². The van der Waals surface area contributed by atoms with Crippen LogP contribution in [0, 0.1) is 5.82 Å². The number of benzene rings is 2. The number of hydrogen-bond acceptors (Lipinski definition) is 4. The molecule has 1 atom stereocenters. The average molecular weight is 388 g/mol. The van der Waals surface area contributed by atoms with Gasteiger partial charge in [-0.3, -0.25) is 9.52 Å². The van der Waals surface area contributed by atoms with Gasteiger partial charge in [0.1, 0.15) is 11.6 Å². The number of carbonyl (C=O) groups is 1. The van der Waals surface area contributed by atoms with Gasteiger partial charge in [-0.05, 0) is 67.6 Å². The molecule has 8 heteroatoms. The molecule has 0 saturated heterocycles. The van der Waals surface area contributed by atoms with E-state index in [-0.39, 0.29) is 22.5 Å². The Morgan fingerprint density at radius 1 is 1.04 bits per heavy atom. The van der Waals surface area contributed by atoms with Gasteiger partial charge in [-0.25, -0.2) is 12.8 Å². The van der Waals surface area contributed by atoms with Crippen molar-refractivity contribution in [3.63, 3.8) is 0 Å². The molecule has 3 aromatic rings. The van der Waals surface area contributed by atoms with Crippen LogP contribution in [0.5, 0.6) is 0 Å². The van der Waals surface area contributed by atoms with E-state index in [0.29, 0.717) is 11.3 Å². The first-order valence-electron chi connectivity index (χ1n) is 8.08. The zero-order valence-electron chi connectivity index (χ0n) is 14.3. The van der Waals surface area contributed by atoms with E-state index in [0.717, 1.165) is 12.1 Å². The summed E-state index contributed by atoms with van der Waals surface area (Å²) in [5, 5.41) is 2.79. The van der Waals surface area contributed by atoms with Crippen molar-refractivity contribution in [1.29, 1.82) is 0 Å². The molecule has 0 unspecified atom stereocenters. The molecule has 27 heavy (non-hydrogen) atoms. The molecule has 2 aromatic carbocycles. The number of rotatable bonds is 6. The lowest BCUT2D eigenvalue weighted by atomic mass is 10.1. The minimum atomic E-state index is -3.84. The van der Waals surface area contributed by atoms with Gasteiger partial charge in [0, 0.05) is 11.3 Å². The van der Waals surface area contributed by atoms with Crippen molar-refractivity contribution in [2.45, 2.75) is 17.9 Å². The molecule has 0 aliphatic heterocycles. The molecule has 1 aromatic heterocycles. The summed E-state index contributed by atoms with van der Waals surface area (Å²) in [6.45, 7) is 1.79. The summed E-state index contributed by atoms with van der Waals surface area (Å²) >= 11 is 0. The van der Waals surface area contributed by atoms with Crippen molar-refractivity contribution in [2.24, 2.45) is 0 Å². The van der Waals surface area contributed by atoms with Gasteiger partial charge >= 0.3 is 0 Å². The van der Waals surface area contributed by atoms with Crippen LogP contribution in [-0.4, -0.2) is 14.3 Å². The van der Waals surface area contributed by atoms with Crippen LogP contribution in [0.15, 0.2) is 76.2 Å². The molecule has 0 spiro atoms. The molecule has 0 radical (unpaired) electrons. The first kappa shape index (κ1) is 18.7. The third-order valence-electron chi connectivity index (χ3n) is 3.84. The zero-order valence-corrected chi connectivity index (χ0v) is 15.2. The van der Waals surface area contributed by atoms with Crippen molar-refractivity contribution in [1.82, 2.24) is 5.32 Å². The largest absolute Gasteiger partial charge is 0.467 e. The smallest absolute Gasteiger partial charge is 0.261 e. The van der Waals surface area contributed by atoms with E-state index in [4.69, 9.17) is 4.42 Å². The highest BCUT2D eigenvalue weighted by atomic mass is 32.2. The minimum absolute atomic E-state index is 0.0574. The predicted molar refractivity (Wildman–Crippen MR) is 98.2 cm³/mol. The van der Waals surface area contributed by atoms with Gasteiger partial charge in [0.05, 0.1) is 17.2 Å². The summed E-state index contributed by atoms with van der Waals surface area (Å²) < 4.78 is 45.1. The molecule has 0 aliphatic carbocycles. The van der Waals surface area contributed by atoms with Crippen LogP contribution in [0.3, 0.4) is 0 Å². The Kier molecular flexibility index (Phi) is 5.27. The molecule has 1 amide bonds.